The van der Waals surface area contributed by atoms with Gasteiger partial charge < -0.3 is 14.8 Å². The summed E-state index contributed by atoms with van der Waals surface area (Å²) in [5, 5.41) is 8.00. The Labute approximate surface area is 179 Å². The van der Waals surface area contributed by atoms with Crippen LogP contribution in [0.25, 0.3) is 22.0 Å². The maximum Gasteiger partial charge on any atom is 0.320 e. The van der Waals surface area contributed by atoms with Crippen LogP contribution in [0.4, 0.5) is 0 Å². The van der Waals surface area contributed by atoms with Gasteiger partial charge in [-0.25, -0.2) is 0 Å². The number of para-hydroxylation sites is 1. The van der Waals surface area contributed by atoms with E-state index in [1.807, 2.05) is 42.5 Å². The van der Waals surface area contributed by atoms with Crippen molar-refractivity contribution in [3.8, 4) is 16.9 Å². The Morgan fingerprint density at radius 1 is 1.20 bits per heavy atom. The fourth-order valence-electron chi connectivity index (χ4n) is 3.18. The number of methoxy groups -OCH3 is 1. The summed E-state index contributed by atoms with van der Waals surface area (Å²) in [5.41, 5.74) is 2.25. The number of alkyl halides is 1. The molecule has 8 heteroatoms. The lowest BCUT2D eigenvalue weighted by Gasteiger charge is -2.25. The largest absolute Gasteiger partial charge is 0.496 e. The zero-order valence-electron chi connectivity index (χ0n) is 17.4. The Balaban J connectivity index is 1.89. The van der Waals surface area contributed by atoms with Gasteiger partial charge in [0.2, 0.25) is 0 Å². The molecule has 0 aliphatic carbocycles. The normalized spacial score (nSPS) is 11.4. The molecule has 0 spiro atoms. The number of fused-ring (bicyclic) bond motifs is 1. The lowest BCUT2D eigenvalue weighted by molar-refractivity contribution is -0.142. The van der Waals surface area contributed by atoms with Crippen molar-refractivity contribution in [1.29, 1.82) is 0 Å². The van der Waals surface area contributed by atoms with Crippen LogP contribution < -0.4 is 10.1 Å². The number of hydrogen-bond acceptors (Lipinski definition) is 5. The van der Waals surface area contributed by atoms with Gasteiger partial charge in [-0.1, -0.05) is 24.3 Å². The zero-order chi connectivity index (χ0) is 21.9. The van der Waals surface area contributed by atoms with Gasteiger partial charge in [0.15, 0.2) is 5.69 Å². The Kier molecular flexibility index (Phi) is 6.31. The van der Waals surface area contributed by atoms with Gasteiger partial charge >= 0.3 is 5.97 Å². The number of aromatic nitrogens is 2. The molecule has 0 fully saturated rings. The molecule has 3 rings (SSSR count). The summed E-state index contributed by atoms with van der Waals surface area (Å²) in [4.78, 5) is 24.2. The number of nitrogens with zero attached hydrogens (tertiary/aromatic N) is 2. The molecule has 0 unspecified atom stereocenters. The van der Waals surface area contributed by atoms with Crippen molar-refractivity contribution in [2.75, 3.05) is 19.6 Å². The van der Waals surface area contributed by atoms with Crippen LogP contribution in [-0.4, -0.2) is 46.8 Å². The number of nitrogens with one attached hydrogen (secondary N) is 1. The quantitative estimate of drug-likeness (QED) is 0.459. The average Bonchev–Trinajstić information content (AvgIpc) is 3.08. The molecular weight excluding hydrogens is 406 g/mol. The Morgan fingerprint density at radius 3 is 2.63 bits per heavy atom. The number of benzene rings is 2. The lowest BCUT2D eigenvalue weighted by atomic mass is 10.0. The molecule has 7 nitrogen and oxygen atoms in total. The first-order chi connectivity index (χ1) is 14.3. The second-order valence-corrected chi connectivity index (χ2v) is 7.80. The van der Waals surface area contributed by atoms with Crippen molar-refractivity contribution < 1.29 is 19.1 Å². The molecule has 1 N–H and O–H groups in total. The number of halogens is 1. The predicted octanol–water partition coefficient (Wildman–Crippen LogP) is 3.54. The Morgan fingerprint density at radius 2 is 1.93 bits per heavy atom. The molecule has 2 aromatic carbocycles. The standard InChI is InChI=1S/C22H24ClN3O4/c1-22(2,13-30-19(27)12-23)24-21(28)20-16-10-9-14(11-17(16)26(3)25-20)15-7-5-6-8-18(15)29-4/h5-11H,12-13H2,1-4H3,(H,24,28). The van der Waals surface area contributed by atoms with E-state index in [0.29, 0.717) is 5.69 Å². The third kappa shape index (κ3) is 4.57. The molecule has 3 aromatic rings. The summed E-state index contributed by atoms with van der Waals surface area (Å²) in [6.07, 6.45) is 0. The van der Waals surface area contributed by atoms with Crippen molar-refractivity contribution >= 4 is 34.4 Å². The van der Waals surface area contributed by atoms with Crippen molar-refractivity contribution in [3.63, 3.8) is 0 Å². The van der Waals surface area contributed by atoms with Crippen molar-refractivity contribution in [2.45, 2.75) is 19.4 Å². The van der Waals surface area contributed by atoms with Crippen molar-refractivity contribution in [2.24, 2.45) is 7.05 Å². The molecule has 0 saturated heterocycles. The van der Waals surface area contributed by atoms with Crippen LogP contribution >= 0.6 is 11.6 Å². The van der Waals surface area contributed by atoms with E-state index in [-0.39, 0.29) is 18.4 Å². The fourth-order valence-corrected chi connectivity index (χ4v) is 3.26. The summed E-state index contributed by atoms with van der Waals surface area (Å²) in [5.74, 6) is -0.349. The summed E-state index contributed by atoms with van der Waals surface area (Å²) < 4.78 is 12.2. The van der Waals surface area contributed by atoms with Gasteiger partial charge in [-0.2, -0.15) is 5.10 Å². The summed E-state index contributed by atoms with van der Waals surface area (Å²) in [6, 6.07) is 13.5. The molecular formula is C22H24ClN3O4. The van der Waals surface area contributed by atoms with E-state index in [4.69, 9.17) is 21.1 Å². The van der Waals surface area contributed by atoms with Gasteiger partial charge in [0.1, 0.15) is 18.2 Å². The van der Waals surface area contributed by atoms with Crippen LogP contribution in [-0.2, 0) is 16.6 Å². The number of carbonyl (C=O) groups excluding carboxylic acids is 2. The highest BCUT2D eigenvalue weighted by molar-refractivity contribution is 6.26. The first kappa shape index (κ1) is 21.6. The fraction of sp³-hybridized carbons (Fsp3) is 0.318. The molecule has 0 aliphatic heterocycles. The first-order valence-corrected chi connectivity index (χ1v) is 9.93. The maximum absolute atomic E-state index is 12.9. The van der Waals surface area contributed by atoms with Crippen LogP contribution in [0.15, 0.2) is 42.5 Å². The van der Waals surface area contributed by atoms with Crippen LogP contribution in [0.5, 0.6) is 5.75 Å². The SMILES string of the molecule is COc1ccccc1-c1ccc2c(C(=O)NC(C)(C)COC(=O)CCl)nn(C)c2c1. The Hall–Kier alpha value is -3.06. The molecule has 1 heterocycles. The van der Waals surface area contributed by atoms with Gasteiger partial charge in [0.25, 0.3) is 5.91 Å². The van der Waals surface area contributed by atoms with Crippen LogP contribution in [0.2, 0.25) is 0 Å². The highest BCUT2D eigenvalue weighted by Gasteiger charge is 2.26. The van der Waals surface area contributed by atoms with E-state index in [9.17, 15) is 9.59 Å². The molecule has 1 aromatic heterocycles. The van der Waals surface area contributed by atoms with Gasteiger partial charge in [0, 0.05) is 18.0 Å². The van der Waals surface area contributed by atoms with Crippen molar-refractivity contribution in [3.05, 3.63) is 48.2 Å². The molecule has 0 bridgehead atoms. The molecule has 30 heavy (non-hydrogen) atoms. The third-order valence-electron chi connectivity index (χ3n) is 4.64. The molecule has 158 valence electrons. The van der Waals surface area contributed by atoms with Crippen LogP contribution in [0, 0.1) is 0 Å². The van der Waals surface area contributed by atoms with E-state index in [1.165, 1.54) is 0 Å². The van der Waals surface area contributed by atoms with Crippen LogP contribution in [0.3, 0.4) is 0 Å². The number of aryl methyl sites for hydroxylation is 1. The predicted molar refractivity (Wildman–Crippen MR) is 116 cm³/mol. The van der Waals surface area contributed by atoms with Gasteiger partial charge in [-0.3, -0.25) is 14.3 Å². The molecule has 0 radical (unpaired) electrons. The summed E-state index contributed by atoms with van der Waals surface area (Å²) in [6.45, 7) is 3.53. The molecule has 1 amide bonds. The van der Waals surface area contributed by atoms with Crippen molar-refractivity contribution in [1.82, 2.24) is 15.1 Å². The lowest BCUT2D eigenvalue weighted by Crippen LogP contribution is -2.47. The first-order valence-electron chi connectivity index (χ1n) is 9.40. The van der Waals surface area contributed by atoms with Gasteiger partial charge in [0.05, 0.1) is 18.2 Å². The number of hydrogen-bond donors (Lipinski definition) is 1. The smallest absolute Gasteiger partial charge is 0.320 e. The van der Waals surface area contributed by atoms with E-state index in [2.05, 4.69) is 10.4 Å². The highest BCUT2D eigenvalue weighted by atomic mass is 35.5. The van der Waals surface area contributed by atoms with E-state index < -0.39 is 11.5 Å². The van der Waals surface area contributed by atoms with Crippen LogP contribution in [0.1, 0.15) is 24.3 Å². The van der Waals surface area contributed by atoms with E-state index in [0.717, 1.165) is 27.8 Å². The summed E-state index contributed by atoms with van der Waals surface area (Å²) >= 11 is 5.44. The monoisotopic (exact) mass is 429 g/mol. The molecule has 0 atom stereocenters. The minimum absolute atomic E-state index is 0.00695. The van der Waals surface area contributed by atoms with E-state index >= 15 is 0 Å². The zero-order valence-corrected chi connectivity index (χ0v) is 18.1. The minimum atomic E-state index is -0.778. The average molecular weight is 430 g/mol. The van der Waals surface area contributed by atoms with Gasteiger partial charge in [-0.15, -0.1) is 11.6 Å². The number of amides is 1. The molecule has 0 aliphatic rings. The third-order valence-corrected chi connectivity index (χ3v) is 4.86. The number of rotatable bonds is 7. The molecule has 0 saturated carbocycles. The Bertz CT molecular complexity index is 1090. The maximum atomic E-state index is 12.9. The number of carbonyl (C=O) groups is 2. The van der Waals surface area contributed by atoms with Gasteiger partial charge in [-0.05, 0) is 37.6 Å². The summed E-state index contributed by atoms with van der Waals surface area (Å²) in [7, 11) is 3.43. The number of esters is 1. The second-order valence-electron chi connectivity index (χ2n) is 7.54. The second kappa shape index (κ2) is 8.75. The topological polar surface area (TPSA) is 82.4 Å². The highest BCUT2D eigenvalue weighted by Crippen LogP contribution is 2.32. The number of ether oxygens (including phenoxy) is 2. The minimum Gasteiger partial charge on any atom is -0.496 e. The van der Waals surface area contributed by atoms with E-state index in [1.54, 1.807) is 32.7 Å².